The van der Waals surface area contributed by atoms with Gasteiger partial charge < -0.3 is 5.11 Å². The van der Waals surface area contributed by atoms with Gasteiger partial charge in [-0.15, -0.1) is 0 Å². The lowest BCUT2D eigenvalue weighted by Gasteiger charge is -2.24. The van der Waals surface area contributed by atoms with Gasteiger partial charge in [0, 0.05) is 10.9 Å². The molecular weight excluding hydrogens is 282 g/mol. The Hall–Kier alpha value is -2.35. The maximum atomic E-state index is 10.4. The fourth-order valence-corrected chi connectivity index (χ4v) is 2.93. The predicted octanol–water partition coefficient (Wildman–Crippen LogP) is 5.59. The maximum Gasteiger partial charge on any atom is 0.219 e. The number of rotatable bonds is 4. The Balaban J connectivity index is 2.30. The number of hydrogen-bond acceptors (Lipinski definition) is 2. The lowest BCUT2D eigenvalue weighted by Crippen LogP contribution is -2.15. The van der Waals surface area contributed by atoms with Crippen LogP contribution in [0.25, 0.3) is 21.9 Å². The first kappa shape index (κ1) is 15.5. The summed E-state index contributed by atoms with van der Waals surface area (Å²) in [6.07, 6.45) is 1.91. The molecule has 0 amide bonds. The van der Waals surface area contributed by atoms with Crippen LogP contribution in [0, 0.1) is 5.41 Å². The second-order valence-corrected chi connectivity index (χ2v) is 6.86. The second kappa shape index (κ2) is 6.04. The zero-order chi connectivity index (χ0) is 16.4. The topological polar surface area (TPSA) is 33.1 Å². The molecular formula is C21H23NO. The summed E-state index contributed by atoms with van der Waals surface area (Å²) >= 11 is 0. The molecule has 0 saturated carbocycles. The number of hydrogen-bond donors (Lipinski definition) is 1. The number of pyridine rings is 1. The highest BCUT2D eigenvalue weighted by Crippen LogP contribution is 2.38. The highest BCUT2D eigenvalue weighted by Gasteiger charge is 2.22. The van der Waals surface area contributed by atoms with Crippen LogP contribution in [0.4, 0.5) is 0 Å². The van der Waals surface area contributed by atoms with Crippen molar-refractivity contribution >= 4 is 10.8 Å². The molecule has 0 aliphatic rings. The van der Waals surface area contributed by atoms with Crippen molar-refractivity contribution in [3.8, 4) is 17.0 Å². The first-order chi connectivity index (χ1) is 11.0. The van der Waals surface area contributed by atoms with E-state index in [0.29, 0.717) is 0 Å². The molecule has 2 nitrogen and oxygen atoms in total. The van der Waals surface area contributed by atoms with Crippen LogP contribution in [0.1, 0.15) is 32.9 Å². The first-order valence-electron chi connectivity index (χ1n) is 8.18. The summed E-state index contributed by atoms with van der Waals surface area (Å²) in [6.45, 7) is 6.69. The molecule has 118 valence electrons. The smallest absolute Gasteiger partial charge is 0.219 e. The van der Waals surface area contributed by atoms with Crippen LogP contribution >= 0.6 is 0 Å². The van der Waals surface area contributed by atoms with Gasteiger partial charge in [-0.2, -0.15) is 0 Å². The van der Waals surface area contributed by atoms with Gasteiger partial charge in [-0.25, -0.2) is 4.98 Å². The molecule has 2 aromatic carbocycles. The number of nitrogens with zero attached hydrogens (tertiary/aromatic N) is 1. The van der Waals surface area contributed by atoms with Gasteiger partial charge in [0.25, 0.3) is 0 Å². The van der Waals surface area contributed by atoms with Crippen molar-refractivity contribution in [1.29, 1.82) is 0 Å². The van der Waals surface area contributed by atoms with E-state index in [1.165, 1.54) is 0 Å². The quantitative estimate of drug-likeness (QED) is 0.682. The van der Waals surface area contributed by atoms with Crippen LogP contribution in [0.2, 0.25) is 0 Å². The third-order valence-electron chi connectivity index (χ3n) is 4.63. The van der Waals surface area contributed by atoms with Gasteiger partial charge in [-0.1, -0.05) is 75.7 Å². The number of benzene rings is 2. The van der Waals surface area contributed by atoms with Crippen molar-refractivity contribution in [3.63, 3.8) is 0 Å². The van der Waals surface area contributed by atoms with Gasteiger partial charge in [0.05, 0.1) is 5.69 Å². The molecule has 1 N–H and O–H groups in total. The number of aromatic hydroxyl groups is 1. The fourth-order valence-electron chi connectivity index (χ4n) is 2.93. The minimum atomic E-state index is 0.127. The Morgan fingerprint density at radius 1 is 0.913 bits per heavy atom. The van der Waals surface area contributed by atoms with E-state index in [-0.39, 0.29) is 11.3 Å². The van der Waals surface area contributed by atoms with Crippen LogP contribution in [0.3, 0.4) is 0 Å². The van der Waals surface area contributed by atoms with Crippen molar-refractivity contribution < 1.29 is 5.11 Å². The zero-order valence-corrected chi connectivity index (χ0v) is 14.0. The summed E-state index contributed by atoms with van der Waals surface area (Å²) in [5, 5.41) is 12.3. The van der Waals surface area contributed by atoms with Crippen molar-refractivity contribution in [2.45, 2.75) is 33.6 Å². The van der Waals surface area contributed by atoms with E-state index >= 15 is 0 Å². The molecule has 23 heavy (non-hydrogen) atoms. The molecule has 0 fully saturated rings. The zero-order valence-electron chi connectivity index (χ0n) is 14.0. The molecule has 0 unspecified atom stereocenters. The van der Waals surface area contributed by atoms with Gasteiger partial charge >= 0.3 is 0 Å². The third kappa shape index (κ3) is 3.07. The minimum absolute atomic E-state index is 0.127. The van der Waals surface area contributed by atoms with Crippen LogP contribution in [-0.2, 0) is 6.42 Å². The average molecular weight is 305 g/mol. The van der Waals surface area contributed by atoms with Gasteiger partial charge in [0.15, 0.2) is 0 Å². The van der Waals surface area contributed by atoms with Crippen molar-refractivity contribution in [2.24, 2.45) is 5.41 Å². The van der Waals surface area contributed by atoms with E-state index in [9.17, 15) is 5.11 Å². The van der Waals surface area contributed by atoms with E-state index in [2.05, 4.69) is 44.0 Å². The SMILES string of the molecule is CCC(C)(C)Cc1nc(O)c2ccccc2c1-c1ccccc1. The Morgan fingerprint density at radius 3 is 2.17 bits per heavy atom. The van der Waals surface area contributed by atoms with E-state index in [1.54, 1.807) is 0 Å². The molecule has 0 aliphatic carbocycles. The molecule has 1 heterocycles. The summed E-state index contributed by atoms with van der Waals surface area (Å²) in [5.41, 5.74) is 3.41. The number of fused-ring (bicyclic) bond motifs is 1. The Labute approximate surface area is 137 Å². The molecule has 3 aromatic rings. The van der Waals surface area contributed by atoms with Gasteiger partial charge in [0.1, 0.15) is 0 Å². The summed E-state index contributed by atoms with van der Waals surface area (Å²) < 4.78 is 0. The van der Waals surface area contributed by atoms with Crippen LogP contribution in [-0.4, -0.2) is 10.1 Å². The molecule has 1 aromatic heterocycles. The standard InChI is InChI=1S/C21H23NO/c1-4-21(2,3)14-18-19(15-10-6-5-7-11-15)16-12-8-9-13-17(16)20(23)22-18/h5-13H,4,14H2,1-3H3,(H,22,23). The summed E-state index contributed by atoms with van der Waals surface area (Å²) in [7, 11) is 0. The fraction of sp³-hybridized carbons (Fsp3) is 0.286. The van der Waals surface area contributed by atoms with E-state index < -0.39 is 0 Å². The average Bonchev–Trinajstić information content (AvgIpc) is 2.56. The molecule has 0 bridgehead atoms. The molecule has 0 atom stereocenters. The van der Waals surface area contributed by atoms with E-state index in [0.717, 1.165) is 40.4 Å². The molecule has 2 heteroatoms. The summed E-state index contributed by atoms with van der Waals surface area (Å²) in [6, 6.07) is 18.3. The van der Waals surface area contributed by atoms with E-state index in [1.807, 2.05) is 36.4 Å². The molecule has 3 rings (SSSR count). The highest BCUT2D eigenvalue weighted by atomic mass is 16.3. The van der Waals surface area contributed by atoms with Crippen LogP contribution in [0.5, 0.6) is 5.88 Å². The Morgan fingerprint density at radius 2 is 1.52 bits per heavy atom. The summed E-state index contributed by atoms with van der Waals surface area (Å²) in [4.78, 5) is 4.57. The molecule has 0 radical (unpaired) electrons. The van der Waals surface area contributed by atoms with Gasteiger partial charge in [-0.05, 0) is 28.9 Å². The van der Waals surface area contributed by atoms with Crippen molar-refractivity contribution in [2.75, 3.05) is 0 Å². The monoisotopic (exact) mass is 305 g/mol. The minimum Gasteiger partial charge on any atom is -0.493 e. The van der Waals surface area contributed by atoms with Crippen molar-refractivity contribution in [1.82, 2.24) is 4.98 Å². The van der Waals surface area contributed by atoms with Crippen molar-refractivity contribution in [3.05, 3.63) is 60.3 Å². The van der Waals surface area contributed by atoms with Gasteiger partial charge in [-0.3, -0.25) is 0 Å². The lowest BCUT2D eigenvalue weighted by molar-refractivity contribution is 0.344. The van der Waals surface area contributed by atoms with Crippen LogP contribution < -0.4 is 0 Å². The molecule has 0 saturated heterocycles. The first-order valence-corrected chi connectivity index (χ1v) is 8.18. The third-order valence-corrected chi connectivity index (χ3v) is 4.63. The highest BCUT2D eigenvalue weighted by molar-refractivity contribution is 6.00. The predicted molar refractivity (Wildman–Crippen MR) is 96.6 cm³/mol. The van der Waals surface area contributed by atoms with E-state index in [4.69, 9.17) is 0 Å². The van der Waals surface area contributed by atoms with Gasteiger partial charge in [0.2, 0.25) is 5.88 Å². The molecule has 0 spiro atoms. The lowest BCUT2D eigenvalue weighted by atomic mass is 9.82. The normalized spacial score (nSPS) is 11.8. The largest absolute Gasteiger partial charge is 0.493 e. The molecule has 0 aliphatic heterocycles. The van der Waals surface area contributed by atoms with Crippen LogP contribution in [0.15, 0.2) is 54.6 Å². The maximum absolute atomic E-state index is 10.4. The Bertz CT molecular complexity index is 822. The Kier molecular flexibility index (Phi) is 4.08. The summed E-state index contributed by atoms with van der Waals surface area (Å²) in [5.74, 6) is 0.127. The second-order valence-electron chi connectivity index (χ2n) is 6.86. The number of aromatic nitrogens is 1.